The lowest BCUT2D eigenvalue weighted by molar-refractivity contribution is 0.0837. The van der Waals surface area contributed by atoms with Crippen molar-refractivity contribution in [1.82, 2.24) is 10.2 Å². The van der Waals surface area contributed by atoms with Gasteiger partial charge in [0.05, 0.1) is 0 Å². The monoisotopic (exact) mass is 356 g/mol. The third-order valence-electron chi connectivity index (χ3n) is 4.35. The molecule has 1 N–H and O–H groups in total. The van der Waals surface area contributed by atoms with E-state index in [0.717, 1.165) is 19.0 Å². The van der Waals surface area contributed by atoms with Gasteiger partial charge >= 0.3 is 0 Å². The van der Waals surface area contributed by atoms with E-state index in [1.165, 1.54) is 41.5 Å². The van der Waals surface area contributed by atoms with Crippen molar-refractivity contribution >= 4 is 22.6 Å². The molecular weight excluding hydrogens is 335 g/mol. The molecule has 2 aliphatic rings. The summed E-state index contributed by atoms with van der Waals surface area (Å²) >= 11 is 2.39. The third kappa shape index (κ3) is 2.73. The highest BCUT2D eigenvalue weighted by Gasteiger charge is 2.33. The van der Waals surface area contributed by atoms with Crippen molar-refractivity contribution < 1.29 is 0 Å². The Morgan fingerprint density at radius 2 is 1.78 bits per heavy atom. The topological polar surface area (TPSA) is 15.3 Å². The molecule has 2 fully saturated rings. The molecule has 98 valence electrons. The maximum Gasteiger partial charge on any atom is 0.0377 e. The minimum atomic E-state index is 0.665. The number of nitrogens with zero attached hydrogens (tertiary/aromatic N) is 1. The van der Waals surface area contributed by atoms with Crippen molar-refractivity contribution in [2.75, 3.05) is 26.2 Å². The molecule has 1 aromatic carbocycles. The number of halogens is 1. The van der Waals surface area contributed by atoms with Gasteiger partial charge in [0.1, 0.15) is 0 Å². The number of piperazine rings is 1. The number of hydrogen-bond donors (Lipinski definition) is 1. The Labute approximate surface area is 123 Å². The molecule has 0 bridgehead atoms. The predicted octanol–water partition coefficient (Wildman–Crippen LogP) is 3.04. The Kier molecular flexibility index (Phi) is 4.21. The molecule has 1 aliphatic heterocycles. The first-order valence-corrected chi connectivity index (χ1v) is 8.13. The molecule has 3 rings (SSSR count). The van der Waals surface area contributed by atoms with E-state index < -0.39 is 0 Å². The summed E-state index contributed by atoms with van der Waals surface area (Å²) in [6.45, 7) is 4.70. The van der Waals surface area contributed by atoms with Gasteiger partial charge in [0, 0.05) is 35.8 Å². The van der Waals surface area contributed by atoms with E-state index in [9.17, 15) is 0 Å². The Hall–Kier alpha value is -0.130. The van der Waals surface area contributed by atoms with Gasteiger partial charge < -0.3 is 5.32 Å². The summed E-state index contributed by atoms with van der Waals surface area (Å²) in [6, 6.07) is 9.85. The van der Waals surface area contributed by atoms with Crippen molar-refractivity contribution in [3.8, 4) is 0 Å². The maximum absolute atomic E-state index is 3.46. The fourth-order valence-electron chi connectivity index (χ4n) is 3.16. The zero-order chi connectivity index (χ0) is 12.4. The van der Waals surface area contributed by atoms with Crippen LogP contribution in [0, 0.1) is 9.49 Å². The molecule has 1 aromatic rings. The Morgan fingerprint density at radius 3 is 2.33 bits per heavy atom. The Balaban J connectivity index is 1.81. The Bertz CT molecular complexity index is 380. The molecular formula is C15H21IN2. The molecule has 0 unspecified atom stereocenters. The van der Waals surface area contributed by atoms with Gasteiger partial charge in [0.25, 0.3) is 0 Å². The summed E-state index contributed by atoms with van der Waals surface area (Å²) in [5, 5.41) is 3.46. The first-order valence-electron chi connectivity index (χ1n) is 7.05. The summed E-state index contributed by atoms with van der Waals surface area (Å²) in [5.74, 6) is 0.892. The van der Waals surface area contributed by atoms with E-state index in [-0.39, 0.29) is 0 Å². The van der Waals surface area contributed by atoms with E-state index >= 15 is 0 Å². The van der Waals surface area contributed by atoms with Crippen molar-refractivity contribution in [2.24, 2.45) is 5.92 Å². The molecule has 1 atom stereocenters. The van der Waals surface area contributed by atoms with Crippen LogP contribution in [0.1, 0.15) is 30.9 Å². The highest BCUT2D eigenvalue weighted by atomic mass is 127. The lowest BCUT2D eigenvalue weighted by Crippen LogP contribution is -2.47. The molecule has 18 heavy (non-hydrogen) atoms. The van der Waals surface area contributed by atoms with Crippen LogP contribution in [0.3, 0.4) is 0 Å². The van der Waals surface area contributed by atoms with Crippen LogP contribution in [-0.4, -0.2) is 31.1 Å². The SMILES string of the molecule is Ic1ccc([C@@H](C2CCC2)N2CCNCC2)cc1. The normalized spacial score (nSPS) is 23.6. The Morgan fingerprint density at radius 1 is 1.11 bits per heavy atom. The van der Waals surface area contributed by atoms with Gasteiger partial charge in [0.15, 0.2) is 0 Å². The molecule has 1 saturated carbocycles. The second kappa shape index (κ2) is 5.88. The largest absolute Gasteiger partial charge is 0.314 e. The van der Waals surface area contributed by atoms with Crippen molar-refractivity contribution in [2.45, 2.75) is 25.3 Å². The van der Waals surface area contributed by atoms with Gasteiger partial charge in [-0.3, -0.25) is 4.90 Å². The van der Waals surface area contributed by atoms with Crippen LogP contribution in [0.5, 0.6) is 0 Å². The van der Waals surface area contributed by atoms with Gasteiger partial charge in [-0.05, 0) is 59.0 Å². The van der Waals surface area contributed by atoms with E-state index in [4.69, 9.17) is 0 Å². The predicted molar refractivity (Wildman–Crippen MR) is 83.7 cm³/mol. The zero-order valence-corrected chi connectivity index (χ0v) is 12.9. The fourth-order valence-corrected chi connectivity index (χ4v) is 3.52. The molecule has 3 heteroatoms. The first-order chi connectivity index (χ1) is 8.84. The lowest BCUT2D eigenvalue weighted by atomic mass is 9.76. The number of benzene rings is 1. The quantitative estimate of drug-likeness (QED) is 0.838. The minimum absolute atomic E-state index is 0.665. The third-order valence-corrected chi connectivity index (χ3v) is 5.07. The molecule has 0 aromatic heterocycles. The van der Waals surface area contributed by atoms with Crippen molar-refractivity contribution in [3.63, 3.8) is 0 Å². The van der Waals surface area contributed by atoms with Gasteiger partial charge in [0.2, 0.25) is 0 Å². The second-order valence-corrected chi connectivity index (χ2v) is 6.72. The van der Waals surface area contributed by atoms with Gasteiger partial charge in [-0.2, -0.15) is 0 Å². The summed E-state index contributed by atoms with van der Waals surface area (Å²) in [4.78, 5) is 2.70. The summed E-state index contributed by atoms with van der Waals surface area (Å²) < 4.78 is 1.34. The number of nitrogens with one attached hydrogen (secondary N) is 1. The van der Waals surface area contributed by atoms with Crippen molar-refractivity contribution in [3.05, 3.63) is 33.4 Å². The van der Waals surface area contributed by atoms with Crippen LogP contribution >= 0.6 is 22.6 Å². The molecule has 1 saturated heterocycles. The van der Waals surface area contributed by atoms with Crippen LogP contribution in [0.4, 0.5) is 0 Å². The molecule has 1 aliphatic carbocycles. The molecule has 0 spiro atoms. The van der Waals surface area contributed by atoms with Gasteiger partial charge in [-0.1, -0.05) is 18.6 Å². The first kappa shape index (κ1) is 12.9. The van der Waals surface area contributed by atoms with E-state index in [0.29, 0.717) is 6.04 Å². The molecule has 2 nitrogen and oxygen atoms in total. The molecule has 0 amide bonds. The van der Waals surface area contributed by atoms with Crippen LogP contribution in [0.15, 0.2) is 24.3 Å². The standard InChI is InChI=1S/C15H21IN2/c16-14-6-4-13(5-7-14)15(12-2-1-3-12)18-10-8-17-9-11-18/h4-7,12,15,17H,1-3,8-11H2/t15-/m1/s1. The number of hydrogen-bond acceptors (Lipinski definition) is 2. The van der Waals surface area contributed by atoms with Crippen LogP contribution in [0.25, 0.3) is 0 Å². The van der Waals surface area contributed by atoms with Gasteiger partial charge in [-0.15, -0.1) is 0 Å². The summed E-state index contributed by atoms with van der Waals surface area (Å²) in [6.07, 6.45) is 4.26. The molecule has 0 radical (unpaired) electrons. The summed E-state index contributed by atoms with van der Waals surface area (Å²) in [5.41, 5.74) is 1.53. The van der Waals surface area contributed by atoms with Crippen LogP contribution in [0.2, 0.25) is 0 Å². The maximum atomic E-state index is 3.46. The second-order valence-electron chi connectivity index (χ2n) is 5.47. The van der Waals surface area contributed by atoms with Gasteiger partial charge in [-0.25, -0.2) is 0 Å². The smallest absolute Gasteiger partial charge is 0.0377 e. The number of rotatable bonds is 3. The fraction of sp³-hybridized carbons (Fsp3) is 0.600. The van der Waals surface area contributed by atoms with E-state index in [1.807, 2.05) is 0 Å². The minimum Gasteiger partial charge on any atom is -0.314 e. The average molecular weight is 356 g/mol. The highest BCUT2D eigenvalue weighted by molar-refractivity contribution is 14.1. The van der Waals surface area contributed by atoms with E-state index in [2.05, 4.69) is 57.1 Å². The van der Waals surface area contributed by atoms with Crippen LogP contribution < -0.4 is 5.32 Å². The van der Waals surface area contributed by atoms with E-state index in [1.54, 1.807) is 0 Å². The average Bonchev–Trinajstić information content (AvgIpc) is 2.36. The lowest BCUT2D eigenvalue weighted by Gasteiger charge is -2.43. The van der Waals surface area contributed by atoms with Crippen LogP contribution in [-0.2, 0) is 0 Å². The summed E-state index contributed by atoms with van der Waals surface area (Å²) in [7, 11) is 0. The molecule has 1 heterocycles. The van der Waals surface area contributed by atoms with Crippen molar-refractivity contribution in [1.29, 1.82) is 0 Å². The zero-order valence-electron chi connectivity index (χ0n) is 10.7. The highest BCUT2D eigenvalue weighted by Crippen LogP contribution is 2.41.